The largest absolute Gasteiger partial charge is 0.349 e. The number of unbranched alkanes of at least 4 members (excludes halogenated alkanes) is 1. The molecule has 0 bridgehead atoms. The summed E-state index contributed by atoms with van der Waals surface area (Å²) in [6.07, 6.45) is 4.22. The molecule has 0 aliphatic carbocycles. The lowest BCUT2D eigenvalue weighted by atomic mass is 9.95. The summed E-state index contributed by atoms with van der Waals surface area (Å²) < 4.78 is 0. The van der Waals surface area contributed by atoms with Crippen LogP contribution in [0.1, 0.15) is 51.0 Å². The fourth-order valence-corrected chi connectivity index (χ4v) is 2.87. The molecule has 5 nitrogen and oxygen atoms in total. The molecule has 0 aromatic heterocycles. The molecule has 1 aromatic rings. The number of carbonyl (C=O) groups excluding carboxylic acids is 3. The minimum Gasteiger partial charge on any atom is -0.349 e. The normalized spacial score (nSPS) is 17.3. The first kappa shape index (κ1) is 17.2. The number of carbonyl (C=O) groups is 3. The first-order valence-corrected chi connectivity index (χ1v) is 8.30. The summed E-state index contributed by atoms with van der Waals surface area (Å²) in [5, 5.41) is 5.35. The van der Waals surface area contributed by atoms with Crippen LogP contribution in [0.15, 0.2) is 24.3 Å². The van der Waals surface area contributed by atoms with Crippen LogP contribution in [0.4, 0.5) is 5.69 Å². The van der Waals surface area contributed by atoms with E-state index in [0.29, 0.717) is 23.7 Å². The third-order valence-electron chi connectivity index (χ3n) is 4.37. The number of fused-ring (bicyclic) bond motifs is 1. The van der Waals surface area contributed by atoms with Crippen LogP contribution in [0.2, 0.25) is 0 Å². The van der Waals surface area contributed by atoms with Crippen molar-refractivity contribution < 1.29 is 14.4 Å². The summed E-state index contributed by atoms with van der Waals surface area (Å²) in [5.41, 5.74) is 1.19. The van der Waals surface area contributed by atoms with E-state index in [2.05, 4.69) is 24.5 Å². The van der Waals surface area contributed by atoms with Crippen LogP contribution in [0.3, 0.4) is 0 Å². The third kappa shape index (κ3) is 3.97. The first-order chi connectivity index (χ1) is 11.1. The van der Waals surface area contributed by atoms with E-state index in [-0.39, 0.29) is 0 Å². The Bertz CT molecular complexity index is 598. The standard InChI is InChI=1S/C18H24N2O3/c1-3-5-8-12(4-2)11-19-18(23)16(21)15-13-9-6-7-10-14(13)20-17(15)22/h6-7,9-10,12,15H,3-5,8,11H2,1-2H3,(H,19,23)(H,20,22)/t12-,15-/m0/s1. The molecule has 0 unspecified atom stereocenters. The van der Waals surface area contributed by atoms with Crippen LogP contribution < -0.4 is 10.6 Å². The van der Waals surface area contributed by atoms with Crippen LogP contribution in [0.5, 0.6) is 0 Å². The van der Waals surface area contributed by atoms with Crippen molar-refractivity contribution in [3.05, 3.63) is 29.8 Å². The number of Topliss-reactive ketones (excluding diaryl/α,β-unsaturated/α-hetero) is 1. The highest BCUT2D eigenvalue weighted by Crippen LogP contribution is 2.32. The van der Waals surface area contributed by atoms with Crippen LogP contribution >= 0.6 is 0 Å². The lowest BCUT2D eigenvalue weighted by Crippen LogP contribution is -2.39. The van der Waals surface area contributed by atoms with Crippen molar-refractivity contribution >= 4 is 23.3 Å². The quantitative estimate of drug-likeness (QED) is 0.572. The number of nitrogens with one attached hydrogen (secondary N) is 2. The highest BCUT2D eigenvalue weighted by Gasteiger charge is 2.39. The molecule has 23 heavy (non-hydrogen) atoms. The van der Waals surface area contributed by atoms with Crippen molar-refractivity contribution in [3.63, 3.8) is 0 Å². The molecule has 2 atom stereocenters. The minimum atomic E-state index is -1.03. The van der Waals surface area contributed by atoms with Crippen molar-refractivity contribution in [1.29, 1.82) is 0 Å². The van der Waals surface area contributed by atoms with Crippen LogP contribution in [-0.4, -0.2) is 24.1 Å². The maximum Gasteiger partial charge on any atom is 0.288 e. The third-order valence-corrected chi connectivity index (χ3v) is 4.37. The second kappa shape index (κ2) is 7.90. The average Bonchev–Trinajstić information content (AvgIpc) is 2.89. The Hall–Kier alpha value is -2.17. The Kier molecular flexibility index (Phi) is 5.90. The van der Waals surface area contributed by atoms with Crippen LogP contribution in [0, 0.1) is 5.92 Å². The molecule has 1 aliphatic rings. The molecule has 0 radical (unpaired) electrons. The molecule has 0 saturated heterocycles. The maximum absolute atomic E-state index is 12.4. The van der Waals surface area contributed by atoms with E-state index in [1.165, 1.54) is 0 Å². The molecule has 1 heterocycles. The lowest BCUT2D eigenvalue weighted by Gasteiger charge is -2.15. The van der Waals surface area contributed by atoms with Gasteiger partial charge in [0.05, 0.1) is 0 Å². The summed E-state index contributed by atoms with van der Waals surface area (Å²) in [6, 6.07) is 6.98. The van der Waals surface area contributed by atoms with Crippen molar-refractivity contribution in [2.24, 2.45) is 5.92 Å². The zero-order valence-electron chi connectivity index (χ0n) is 13.7. The fourth-order valence-electron chi connectivity index (χ4n) is 2.87. The van der Waals surface area contributed by atoms with E-state index >= 15 is 0 Å². The van der Waals surface area contributed by atoms with Crippen molar-refractivity contribution in [2.75, 3.05) is 11.9 Å². The molecule has 0 saturated carbocycles. The Morgan fingerprint density at radius 2 is 2.00 bits per heavy atom. The van der Waals surface area contributed by atoms with Crippen molar-refractivity contribution in [3.8, 4) is 0 Å². The summed E-state index contributed by atoms with van der Waals surface area (Å²) >= 11 is 0. The fraction of sp³-hybridized carbons (Fsp3) is 0.500. The molecule has 2 amide bonds. The molecule has 2 N–H and O–H groups in total. The number of benzene rings is 1. The Morgan fingerprint density at radius 3 is 2.70 bits per heavy atom. The molecular weight excluding hydrogens is 292 g/mol. The second-order valence-electron chi connectivity index (χ2n) is 6.00. The highest BCUT2D eigenvalue weighted by molar-refractivity contribution is 6.44. The van der Waals surface area contributed by atoms with Gasteiger partial charge in [-0.15, -0.1) is 0 Å². The Morgan fingerprint density at radius 1 is 1.26 bits per heavy atom. The Balaban J connectivity index is 1.97. The SMILES string of the molecule is CCCC[C@H](CC)CNC(=O)C(=O)[C@H]1C(=O)Nc2ccccc21. The molecular formula is C18H24N2O3. The molecule has 0 fully saturated rings. The van der Waals surface area contributed by atoms with Gasteiger partial charge in [0.25, 0.3) is 5.91 Å². The van der Waals surface area contributed by atoms with E-state index in [1.54, 1.807) is 24.3 Å². The summed E-state index contributed by atoms with van der Waals surface area (Å²) in [7, 11) is 0. The molecule has 124 valence electrons. The molecule has 0 spiro atoms. The number of ketones is 1. The molecule has 1 aliphatic heterocycles. The predicted molar refractivity (Wildman–Crippen MR) is 89.1 cm³/mol. The van der Waals surface area contributed by atoms with Gasteiger partial charge >= 0.3 is 0 Å². The number of rotatable bonds is 8. The van der Waals surface area contributed by atoms with Crippen LogP contribution in [0.25, 0.3) is 0 Å². The lowest BCUT2D eigenvalue weighted by molar-refractivity contribution is -0.140. The van der Waals surface area contributed by atoms with E-state index in [1.807, 2.05) is 0 Å². The molecule has 5 heteroatoms. The van der Waals surface area contributed by atoms with E-state index in [4.69, 9.17) is 0 Å². The van der Waals surface area contributed by atoms with Gasteiger partial charge in [-0.1, -0.05) is 51.3 Å². The summed E-state index contributed by atoms with van der Waals surface area (Å²) in [6.45, 7) is 4.69. The monoisotopic (exact) mass is 316 g/mol. The van der Waals surface area contributed by atoms with E-state index in [9.17, 15) is 14.4 Å². The second-order valence-corrected chi connectivity index (χ2v) is 6.00. The van der Waals surface area contributed by atoms with Gasteiger partial charge in [0.15, 0.2) is 0 Å². The van der Waals surface area contributed by atoms with Gasteiger partial charge in [-0.2, -0.15) is 0 Å². The predicted octanol–water partition coefficient (Wildman–Crippen LogP) is 2.62. The van der Waals surface area contributed by atoms with Gasteiger partial charge in [0, 0.05) is 12.2 Å². The molecule has 1 aromatic carbocycles. The highest BCUT2D eigenvalue weighted by atomic mass is 16.2. The summed E-state index contributed by atoms with van der Waals surface area (Å²) in [5.74, 6) is -2.43. The Labute approximate surface area is 136 Å². The topological polar surface area (TPSA) is 75.3 Å². The van der Waals surface area contributed by atoms with Crippen LogP contribution in [-0.2, 0) is 14.4 Å². The van der Waals surface area contributed by atoms with Gasteiger partial charge < -0.3 is 10.6 Å². The smallest absolute Gasteiger partial charge is 0.288 e. The van der Waals surface area contributed by atoms with Gasteiger partial charge in [-0.05, 0) is 24.0 Å². The average molecular weight is 316 g/mol. The number of para-hydroxylation sites is 1. The van der Waals surface area contributed by atoms with Gasteiger partial charge in [-0.3, -0.25) is 14.4 Å². The number of hydrogen-bond acceptors (Lipinski definition) is 3. The zero-order valence-corrected chi connectivity index (χ0v) is 13.7. The first-order valence-electron chi connectivity index (χ1n) is 8.30. The van der Waals surface area contributed by atoms with Crippen molar-refractivity contribution in [2.45, 2.75) is 45.4 Å². The number of amides is 2. The van der Waals surface area contributed by atoms with Gasteiger partial charge in [0.1, 0.15) is 5.92 Å². The van der Waals surface area contributed by atoms with E-state index < -0.39 is 23.5 Å². The van der Waals surface area contributed by atoms with E-state index in [0.717, 1.165) is 25.7 Å². The maximum atomic E-state index is 12.4. The van der Waals surface area contributed by atoms with Gasteiger partial charge in [-0.25, -0.2) is 0 Å². The number of anilines is 1. The summed E-state index contributed by atoms with van der Waals surface area (Å²) in [4.78, 5) is 36.5. The minimum absolute atomic E-state index is 0.372. The zero-order chi connectivity index (χ0) is 16.8. The van der Waals surface area contributed by atoms with Crippen molar-refractivity contribution in [1.82, 2.24) is 5.32 Å². The number of hydrogen-bond donors (Lipinski definition) is 2. The van der Waals surface area contributed by atoms with Gasteiger partial charge in [0.2, 0.25) is 11.7 Å². The molecule has 2 rings (SSSR count).